The van der Waals surface area contributed by atoms with Crippen molar-refractivity contribution >= 4 is 6.01 Å². The van der Waals surface area contributed by atoms with E-state index in [1.165, 1.54) is 19.3 Å². The van der Waals surface area contributed by atoms with Gasteiger partial charge >= 0.3 is 6.01 Å². The summed E-state index contributed by atoms with van der Waals surface area (Å²) in [6.07, 6.45) is 4.62. The second-order valence-electron chi connectivity index (χ2n) is 5.67. The van der Waals surface area contributed by atoms with Gasteiger partial charge in [0.05, 0.1) is 5.92 Å². The van der Waals surface area contributed by atoms with Crippen LogP contribution in [0.25, 0.3) is 0 Å². The Balaban J connectivity index is 1.46. The molecule has 0 amide bonds. The molecular formula is C13H17N5O2. The van der Waals surface area contributed by atoms with E-state index in [0.29, 0.717) is 23.6 Å². The fraction of sp³-hybridized carbons (Fsp3) is 0.692. The highest BCUT2D eigenvalue weighted by atomic mass is 16.5. The highest BCUT2D eigenvalue weighted by molar-refractivity contribution is 5.29. The van der Waals surface area contributed by atoms with Crippen LogP contribution in [0.5, 0.6) is 0 Å². The van der Waals surface area contributed by atoms with E-state index in [4.69, 9.17) is 9.05 Å². The van der Waals surface area contributed by atoms with E-state index in [2.05, 4.69) is 25.2 Å². The summed E-state index contributed by atoms with van der Waals surface area (Å²) in [5.41, 5.74) is 0. The number of rotatable bonds is 3. The maximum atomic E-state index is 5.39. The summed E-state index contributed by atoms with van der Waals surface area (Å²) in [7, 11) is 0. The molecule has 3 heterocycles. The molecule has 2 aromatic heterocycles. The molecule has 0 radical (unpaired) electrons. The van der Waals surface area contributed by atoms with Crippen molar-refractivity contribution in [1.82, 2.24) is 20.3 Å². The van der Waals surface area contributed by atoms with E-state index < -0.39 is 0 Å². The summed E-state index contributed by atoms with van der Waals surface area (Å²) in [6, 6.07) is 0.630. The summed E-state index contributed by atoms with van der Waals surface area (Å²) in [5, 5.41) is 7.95. The highest BCUT2D eigenvalue weighted by Gasteiger charge is 2.32. The molecule has 4 rings (SSSR count). The Morgan fingerprint density at radius 2 is 1.95 bits per heavy atom. The van der Waals surface area contributed by atoms with E-state index in [-0.39, 0.29) is 5.92 Å². The Kier molecular flexibility index (Phi) is 2.71. The van der Waals surface area contributed by atoms with Gasteiger partial charge in [0.15, 0.2) is 11.6 Å². The van der Waals surface area contributed by atoms with Crippen LogP contribution in [0.4, 0.5) is 6.01 Å². The quantitative estimate of drug-likeness (QED) is 0.847. The second kappa shape index (κ2) is 4.57. The molecule has 0 bridgehead atoms. The van der Waals surface area contributed by atoms with Crippen LogP contribution in [0.1, 0.15) is 55.1 Å². The largest absolute Gasteiger partial charge is 0.339 e. The maximum absolute atomic E-state index is 5.39. The number of nitrogens with zero attached hydrogens (tertiary/aromatic N) is 5. The Labute approximate surface area is 116 Å². The SMILES string of the molecule is Cc1noc([C@H]2CCN(c3nc(C4CCC4)no3)C2)n1. The summed E-state index contributed by atoms with van der Waals surface area (Å²) in [5.74, 6) is 3.02. The highest BCUT2D eigenvalue weighted by Crippen LogP contribution is 2.36. The van der Waals surface area contributed by atoms with Crippen molar-refractivity contribution in [3.63, 3.8) is 0 Å². The molecule has 7 heteroatoms. The van der Waals surface area contributed by atoms with E-state index in [9.17, 15) is 0 Å². The molecule has 7 nitrogen and oxygen atoms in total. The topological polar surface area (TPSA) is 81.1 Å². The van der Waals surface area contributed by atoms with Gasteiger partial charge in [-0.25, -0.2) is 0 Å². The van der Waals surface area contributed by atoms with Crippen molar-refractivity contribution in [3.8, 4) is 0 Å². The molecule has 0 N–H and O–H groups in total. The molecule has 2 fully saturated rings. The smallest absolute Gasteiger partial charge is 0.324 e. The molecule has 20 heavy (non-hydrogen) atoms. The zero-order chi connectivity index (χ0) is 13.5. The van der Waals surface area contributed by atoms with Gasteiger partial charge in [0.1, 0.15) is 0 Å². The molecule has 2 aliphatic rings. The summed E-state index contributed by atoms with van der Waals surface area (Å²) < 4.78 is 10.6. The van der Waals surface area contributed by atoms with E-state index in [1.54, 1.807) is 0 Å². The van der Waals surface area contributed by atoms with Crippen molar-refractivity contribution in [2.75, 3.05) is 18.0 Å². The minimum atomic E-state index is 0.259. The molecule has 1 saturated carbocycles. The monoisotopic (exact) mass is 275 g/mol. The fourth-order valence-corrected chi connectivity index (χ4v) is 2.80. The molecule has 0 spiro atoms. The van der Waals surface area contributed by atoms with Gasteiger partial charge in [-0.2, -0.15) is 9.97 Å². The average molecular weight is 275 g/mol. The number of hydrogen-bond acceptors (Lipinski definition) is 7. The van der Waals surface area contributed by atoms with Gasteiger partial charge in [-0.15, -0.1) is 0 Å². The maximum Gasteiger partial charge on any atom is 0.324 e. The number of anilines is 1. The van der Waals surface area contributed by atoms with Gasteiger partial charge in [-0.3, -0.25) is 0 Å². The lowest BCUT2D eigenvalue weighted by Crippen LogP contribution is -2.20. The number of aromatic nitrogens is 4. The molecule has 1 saturated heterocycles. The van der Waals surface area contributed by atoms with Crippen LogP contribution in [-0.2, 0) is 0 Å². The number of aryl methyl sites for hydroxylation is 1. The second-order valence-corrected chi connectivity index (χ2v) is 5.67. The van der Waals surface area contributed by atoms with Crippen molar-refractivity contribution in [3.05, 3.63) is 17.5 Å². The predicted octanol–water partition coefficient (Wildman–Crippen LogP) is 2.02. The standard InChI is InChI=1S/C13H17N5O2/c1-8-14-12(19-16-8)10-5-6-18(7-10)13-15-11(17-20-13)9-3-2-4-9/h9-10H,2-7H2,1H3/t10-/m0/s1. The minimum absolute atomic E-state index is 0.259. The summed E-state index contributed by atoms with van der Waals surface area (Å²) >= 11 is 0. The van der Waals surface area contributed by atoms with Crippen molar-refractivity contribution in [1.29, 1.82) is 0 Å². The molecule has 1 atom stereocenters. The minimum Gasteiger partial charge on any atom is -0.339 e. The van der Waals surface area contributed by atoms with Crippen LogP contribution >= 0.6 is 0 Å². The van der Waals surface area contributed by atoms with Crippen molar-refractivity contribution in [2.45, 2.75) is 44.4 Å². The fourth-order valence-electron chi connectivity index (χ4n) is 2.80. The van der Waals surface area contributed by atoms with Crippen LogP contribution in [0.2, 0.25) is 0 Å². The predicted molar refractivity (Wildman–Crippen MR) is 69.5 cm³/mol. The third-order valence-electron chi connectivity index (χ3n) is 4.25. The van der Waals surface area contributed by atoms with Gasteiger partial charge in [0.25, 0.3) is 0 Å². The molecule has 0 aromatic carbocycles. The van der Waals surface area contributed by atoms with Crippen LogP contribution in [0.15, 0.2) is 9.05 Å². The zero-order valence-electron chi connectivity index (χ0n) is 11.4. The van der Waals surface area contributed by atoms with E-state index >= 15 is 0 Å². The van der Waals surface area contributed by atoms with E-state index in [0.717, 1.165) is 25.3 Å². The van der Waals surface area contributed by atoms with Crippen LogP contribution in [0, 0.1) is 6.92 Å². The lowest BCUT2D eigenvalue weighted by atomic mass is 9.85. The first-order valence-corrected chi connectivity index (χ1v) is 7.18. The normalized spacial score (nSPS) is 23.2. The van der Waals surface area contributed by atoms with Gasteiger partial charge in [-0.05, 0) is 26.2 Å². The first-order valence-electron chi connectivity index (χ1n) is 7.18. The molecule has 0 unspecified atom stereocenters. The first-order chi connectivity index (χ1) is 9.79. The molecular weight excluding hydrogens is 258 g/mol. The third-order valence-corrected chi connectivity index (χ3v) is 4.25. The molecule has 2 aromatic rings. The zero-order valence-corrected chi connectivity index (χ0v) is 11.4. The Morgan fingerprint density at radius 3 is 2.65 bits per heavy atom. The molecule has 1 aliphatic carbocycles. The Bertz CT molecular complexity index is 603. The Hall–Kier alpha value is -1.92. The average Bonchev–Trinajstić information content (AvgIpc) is 3.04. The molecule has 106 valence electrons. The van der Waals surface area contributed by atoms with Gasteiger partial charge in [0.2, 0.25) is 5.89 Å². The van der Waals surface area contributed by atoms with Crippen LogP contribution in [0.3, 0.4) is 0 Å². The van der Waals surface area contributed by atoms with E-state index in [1.807, 2.05) is 6.92 Å². The van der Waals surface area contributed by atoms with Crippen molar-refractivity contribution in [2.24, 2.45) is 0 Å². The van der Waals surface area contributed by atoms with Gasteiger partial charge in [-0.1, -0.05) is 16.7 Å². The third kappa shape index (κ3) is 1.97. The van der Waals surface area contributed by atoms with Crippen LogP contribution in [-0.4, -0.2) is 33.4 Å². The Morgan fingerprint density at radius 1 is 1.05 bits per heavy atom. The summed E-state index contributed by atoms with van der Waals surface area (Å²) in [6.45, 7) is 3.52. The van der Waals surface area contributed by atoms with Gasteiger partial charge in [0, 0.05) is 19.0 Å². The van der Waals surface area contributed by atoms with Gasteiger partial charge < -0.3 is 13.9 Å². The van der Waals surface area contributed by atoms with Crippen LogP contribution < -0.4 is 4.90 Å². The van der Waals surface area contributed by atoms with Crippen molar-refractivity contribution < 1.29 is 9.05 Å². The lowest BCUT2D eigenvalue weighted by Gasteiger charge is -2.21. The summed E-state index contributed by atoms with van der Waals surface area (Å²) in [4.78, 5) is 10.9. The number of hydrogen-bond donors (Lipinski definition) is 0. The first kappa shape index (κ1) is 11.9. The molecule has 1 aliphatic heterocycles. The lowest BCUT2D eigenvalue weighted by molar-refractivity contribution is 0.354.